The molecule has 0 aliphatic carbocycles. The van der Waals surface area contributed by atoms with Crippen molar-refractivity contribution in [2.24, 2.45) is 0 Å². The maximum Gasteiger partial charge on any atom is 0.293 e. The molecule has 1 aromatic carbocycles. The number of nitrogen functional groups attached to an aromatic ring is 1. The van der Waals surface area contributed by atoms with Gasteiger partial charge in [0.1, 0.15) is 0 Å². The molecule has 5 aromatic rings. The van der Waals surface area contributed by atoms with Crippen LogP contribution in [-0.2, 0) is 6.54 Å². The standard InChI is InChI=1S/C20H16N6/c21-19-17-20(23-12-22-17)25(13-24-19)11-15-10-16-8-4-5-9-26(16)18(15)14-6-2-1-3-7-14/h1-10,12-13H,11H2,(H2,21,22,23)/p+1. The highest BCUT2D eigenvalue weighted by Crippen LogP contribution is 2.27. The summed E-state index contributed by atoms with van der Waals surface area (Å²) in [6.07, 6.45) is 5.49. The molecule has 0 atom stereocenters. The topological polar surface area (TPSA) is 75.9 Å². The van der Waals surface area contributed by atoms with E-state index in [9.17, 15) is 0 Å². The summed E-state index contributed by atoms with van der Waals surface area (Å²) in [6, 6.07) is 18.9. The van der Waals surface area contributed by atoms with E-state index in [1.807, 2.05) is 16.7 Å². The number of hydrogen-bond acceptors (Lipinski definition) is 3. The van der Waals surface area contributed by atoms with Crippen LogP contribution in [0.3, 0.4) is 0 Å². The Bertz CT molecular complexity index is 1220. The minimum atomic E-state index is 0.457. The van der Waals surface area contributed by atoms with Gasteiger partial charge >= 0.3 is 0 Å². The molecule has 5 rings (SSSR count). The van der Waals surface area contributed by atoms with Crippen LogP contribution >= 0.6 is 0 Å². The highest BCUT2D eigenvalue weighted by atomic mass is 15.1. The number of nitrogens with two attached hydrogens (primary N) is 1. The Morgan fingerprint density at radius 3 is 2.77 bits per heavy atom. The fraction of sp³-hybridized carbons (Fsp3) is 0.0500. The molecule has 0 fully saturated rings. The van der Waals surface area contributed by atoms with Crippen molar-refractivity contribution in [2.75, 3.05) is 5.73 Å². The summed E-state index contributed by atoms with van der Waals surface area (Å²) in [6.45, 7) is 0.653. The zero-order valence-corrected chi connectivity index (χ0v) is 14.0. The Labute approximate surface area is 149 Å². The zero-order valence-electron chi connectivity index (χ0n) is 14.0. The van der Waals surface area contributed by atoms with Crippen LogP contribution in [0.25, 0.3) is 27.9 Å². The predicted molar refractivity (Wildman–Crippen MR) is 100 cm³/mol. The molecule has 0 amide bonds. The molecule has 126 valence electrons. The van der Waals surface area contributed by atoms with Crippen LogP contribution in [0.2, 0.25) is 0 Å². The van der Waals surface area contributed by atoms with Crippen LogP contribution in [0.4, 0.5) is 5.82 Å². The summed E-state index contributed by atoms with van der Waals surface area (Å²) in [4.78, 5) is 11.8. The number of pyridine rings is 1. The molecule has 0 unspecified atom stereocenters. The molecular formula is C20H17N6+. The number of benzene rings is 1. The number of anilines is 1. The van der Waals surface area contributed by atoms with E-state index in [1.54, 1.807) is 12.7 Å². The van der Waals surface area contributed by atoms with E-state index in [0.717, 1.165) is 16.7 Å². The largest absolute Gasteiger partial charge is 0.368 e. The Hall–Kier alpha value is -3.67. The number of nitrogens with zero attached hydrogens (tertiary/aromatic N) is 4. The second-order valence-electron chi connectivity index (χ2n) is 6.24. The minimum absolute atomic E-state index is 0.457. The smallest absolute Gasteiger partial charge is 0.293 e. The molecule has 6 heteroatoms. The van der Waals surface area contributed by atoms with Gasteiger partial charge in [0, 0.05) is 17.3 Å². The van der Waals surface area contributed by atoms with Crippen LogP contribution < -0.4 is 10.3 Å². The molecule has 0 aliphatic rings. The Morgan fingerprint density at radius 1 is 1.04 bits per heavy atom. The van der Waals surface area contributed by atoms with Gasteiger partial charge in [0.05, 0.1) is 12.2 Å². The summed E-state index contributed by atoms with van der Waals surface area (Å²) < 4.78 is 4.24. The number of aromatic nitrogens is 5. The van der Waals surface area contributed by atoms with Crippen LogP contribution in [-0.4, -0.2) is 19.4 Å². The Balaban J connectivity index is 1.72. The van der Waals surface area contributed by atoms with Gasteiger partial charge in [-0.2, -0.15) is 0 Å². The first-order chi connectivity index (χ1) is 12.8. The zero-order chi connectivity index (χ0) is 17.5. The maximum atomic E-state index is 5.95. The third-order valence-corrected chi connectivity index (χ3v) is 4.63. The molecular weight excluding hydrogens is 324 g/mol. The van der Waals surface area contributed by atoms with E-state index in [2.05, 4.69) is 68.0 Å². The number of hydrogen-bond donors (Lipinski definition) is 2. The Morgan fingerprint density at radius 2 is 1.88 bits per heavy atom. The summed E-state index contributed by atoms with van der Waals surface area (Å²) in [5, 5.41) is 0. The first kappa shape index (κ1) is 14.7. The lowest BCUT2D eigenvalue weighted by Crippen LogP contribution is -2.36. The van der Waals surface area contributed by atoms with Gasteiger partial charge in [-0.15, -0.1) is 0 Å². The molecule has 0 spiro atoms. The van der Waals surface area contributed by atoms with E-state index >= 15 is 0 Å². The van der Waals surface area contributed by atoms with E-state index < -0.39 is 0 Å². The van der Waals surface area contributed by atoms with Gasteiger partial charge in [0.25, 0.3) is 5.65 Å². The first-order valence-electron chi connectivity index (χ1n) is 8.42. The lowest BCUT2D eigenvalue weighted by molar-refractivity contribution is -0.666. The average Bonchev–Trinajstić information content (AvgIpc) is 3.30. The number of aromatic amines is 1. The van der Waals surface area contributed by atoms with Crippen LogP contribution in [0.15, 0.2) is 73.4 Å². The molecule has 0 aliphatic heterocycles. The lowest BCUT2D eigenvalue weighted by Gasteiger charge is -2.07. The molecule has 4 aromatic heterocycles. The van der Waals surface area contributed by atoms with Crippen molar-refractivity contribution >= 4 is 22.5 Å². The SMILES string of the molecule is Nc1nc[n+](Cc2cc3ccccn3c2-c2ccccc2)c2nc[nH]c12. The van der Waals surface area contributed by atoms with E-state index in [0.29, 0.717) is 12.4 Å². The highest BCUT2D eigenvalue weighted by Gasteiger charge is 2.18. The summed E-state index contributed by atoms with van der Waals surface area (Å²) in [5.41, 5.74) is 12.2. The number of H-pyrrole nitrogens is 1. The third kappa shape index (κ3) is 2.23. The number of imidazole rings is 1. The highest BCUT2D eigenvalue weighted by molar-refractivity contribution is 5.78. The lowest BCUT2D eigenvalue weighted by atomic mass is 10.1. The van der Waals surface area contributed by atoms with Crippen LogP contribution in [0, 0.1) is 0 Å². The van der Waals surface area contributed by atoms with Crippen LogP contribution in [0.5, 0.6) is 0 Å². The second-order valence-corrected chi connectivity index (χ2v) is 6.24. The van der Waals surface area contributed by atoms with Crippen molar-refractivity contribution in [2.45, 2.75) is 6.54 Å². The normalized spacial score (nSPS) is 11.4. The van der Waals surface area contributed by atoms with Crippen molar-refractivity contribution in [3.05, 3.63) is 79.0 Å². The fourth-order valence-corrected chi connectivity index (χ4v) is 3.46. The average molecular weight is 341 g/mol. The van der Waals surface area contributed by atoms with Gasteiger partial charge in [-0.3, -0.25) is 0 Å². The molecule has 6 nitrogen and oxygen atoms in total. The second kappa shape index (κ2) is 5.70. The molecule has 0 saturated heterocycles. The summed E-state index contributed by atoms with van der Waals surface area (Å²) in [5.74, 6) is 0.457. The third-order valence-electron chi connectivity index (χ3n) is 4.63. The van der Waals surface area contributed by atoms with Gasteiger partial charge in [-0.25, -0.2) is 4.57 Å². The van der Waals surface area contributed by atoms with E-state index in [1.165, 1.54) is 16.8 Å². The fourth-order valence-electron chi connectivity index (χ4n) is 3.46. The van der Waals surface area contributed by atoms with Crippen molar-refractivity contribution in [1.29, 1.82) is 0 Å². The molecule has 26 heavy (non-hydrogen) atoms. The van der Waals surface area contributed by atoms with Crippen LogP contribution in [0.1, 0.15) is 5.56 Å². The summed E-state index contributed by atoms with van der Waals surface area (Å²) >= 11 is 0. The number of nitrogens with one attached hydrogen (secondary N) is 1. The van der Waals surface area contributed by atoms with Gasteiger partial charge in [0.15, 0.2) is 11.8 Å². The quantitative estimate of drug-likeness (QED) is 0.496. The van der Waals surface area contributed by atoms with Crippen molar-refractivity contribution in [3.63, 3.8) is 0 Å². The van der Waals surface area contributed by atoms with Gasteiger partial charge in [-0.1, -0.05) is 46.4 Å². The first-order valence-corrected chi connectivity index (χ1v) is 8.42. The molecule has 3 N–H and O–H groups in total. The molecule has 4 heterocycles. The van der Waals surface area contributed by atoms with Crippen molar-refractivity contribution in [1.82, 2.24) is 19.4 Å². The minimum Gasteiger partial charge on any atom is -0.368 e. The Kier molecular flexibility index (Phi) is 3.21. The molecule has 0 radical (unpaired) electrons. The molecule has 0 bridgehead atoms. The maximum absolute atomic E-state index is 5.95. The summed E-state index contributed by atoms with van der Waals surface area (Å²) in [7, 11) is 0. The number of rotatable bonds is 3. The number of fused-ring (bicyclic) bond motifs is 2. The molecule has 0 saturated carbocycles. The van der Waals surface area contributed by atoms with Gasteiger partial charge < -0.3 is 15.1 Å². The van der Waals surface area contributed by atoms with Gasteiger partial charge in [-0.05, 0) is 23.8 Å². The van der Waals surface area contributed by atoms with E-state index in [4.69, 9.17) is 5.73 Å². The van der Waals surface area contributed by atoms with Crippen molar-refractivity contribution < 1.29 is 4.57 Å². The van der Waals surface area contributed by atoms with E-state index in [-0.39, 0.29) is 0 Å². The predicted octanol–water partition coefficient (Wildman–Crippen LogP) is 2.80. The van der Waals surface area contributed by atoms with Gasteiger partial charge in [0.2, 0.25) is 12.1 Å². The monoisotopic (exact) mass is 341 g/mol. The van der Waals surface area contributed by atoms with Crippen molar-refractivity contribution in [3.8, 4) is 11.3 Å².